The van der Waals surface area contributed by atoms with Gasteiger partial charge in [-0.3, -0.25) is 14.5 Å². The van der Waals surface area contributed by atoms with Crippen LogP contribution in [0.4, 0.5) is 5.95 Å². The number of anilines is 1. The molecule has 2 saturated heterocycles. The first kappa shape index (κ1) is 16.8. The number of H-pyrrole nitrogens is 2. The van der Waals surface area contributed by atoms with Gasteiger partial charge < -0.3 is 15.6 Å². The van der Waals surface area contributed by atoms with Crippen LogP contribution in [0.1, 0.15) is 25.7 Å². The van der Waals surface area contributed by atoms with E-state index in [0.717, 1.165) is 53.7 Å². The van der Waals surface area contributed by atoms with E-state index < -0.39 is 0 Å². The lowest BCUT2D eigenvalue weighted by molar-refractivity contribution is 0.405. The lowest BCUT2D eigenvalue weighted by Crippen LogP contribution is -2.49. The second kappa shape index (κ2) is 5.93. The Kier molecular flexibility index (Phi) is 3.44. The quantitative estimate of drug-likeness (QED) is 0.487. The predicted molar refractivity (Wildman–Crippen MR) is 113 cm³/mol. The predicted octanol–water partition coefficient (Wildman–Crippen LogP) is 2.26. The summed E-state index contributed by atoms with van der Waals surface area (Å²) in [4.78, 5) is 23.9. The molecule has 1 aromatic carbocycles. The van der Waals surface area contributed by atoms with Crippen LogP contribution in [0.5, 0.6) is 0 Å². The molecule has 0 saturated carbocycles. The summed E-state index contributed by atoms with van der Waals surface area (Å²) in [7, 11) is 1.83. The zero-order chi connectivity index (χ0) is 19.7. The molecule has 5 heterocycles. The van der Waals surface area contributed by atoms with Crippen LogP contribution in [-0.2, 0) is 7.05 Å². The maximum Gasteiger partial charge on any atom is 0.264 e. The molecule has 1 unspecified atom stereocenters. The summed E-state index contributed by atoms with van der Waals surface area (Å²) >= 11 is 0. The van der Waals surface area contributed by atoms with Gasteiger partial charge in [0.2, 0.25) is 5.95 Å². The highest BCUT2D eigenvalue weighted by Gasteiger charge is 2.41. The van der Waals surface area contributed by atoms with E-state index in [-0.39, 0.29) is 11.6 Å². The third-order valence-electron chi connectivity index (χ3n) is 6.64. The van der Waals surface area contributed by atoms with Crippen molar-refractivity contribution in [2.45, 2.75) is 43.8 Å². The number of nitrogens with one attached hydrogen (secondary N) is 2. The Balaban J connectivity index is 1.50. The van der Waals surface area contributed by atoms with E-state index in [2.05, 4.69) is 20.1 Å². The molecule has 148 valence electrons. The summed E-state index contributed by atoms with van der Waals surface area (Å²) in [6.07, 6.45) is 7.83. The van der Waals surface area contributed by atoms with E-state index in [1.54, 1.807) is 10.8 Å². The minimum absolute atomic E-state index is 0.0252. The molecule has 0 aliphatic carbocycles. The summed E-state index contributed by atoms with van der Waals surface area (Å²) in [5, 5.41) is 8.68. The Morgan fingerprint density at radius 3 is 2.79 bits per heavy atom. The molecule has 3 atom stereocenters. The summed E-state index contributed by atoms with van der Waals surface area (Å²) in [6.45, 7) is 0. The van der Waals surface area contributed by atoms with E-state index in [9.17, 15) is 4.79 Å². The van der Waals surface area contributed by atoms with Crippen molar-refractivity contribution in [3.05, 3.63) is 40.9 Å². The fourth-order valence-electron chi connectivity index (χ4n) is 5.27. The fourth-order valence-corrected chi connectivity index (χ4v) is 5.27. The van der Waals surface area contributed by atoms with Gasteiger partial charge in [0.05, 0.1) is 17.1 Å². The minimum Gasteiger partial charge on any atom is -0.345 e. The lowest BCUT2D eigenvalue weighted by Gasteiger charge is -2.38. The third-order valence-corrected chi connectivity index (χ3v) is 6.64. The van der Waals surface area contributed by atoms with Gasteiger partial charge in [-0.25, -0.2) is 0 Å². The smallest absolute Gasteiger partial charge is 0.264 e. The van der Waals surface area contributed by atoms with Crippen molar-refractivity contribution in [3.8, 4) is 11.1 Å². The maximum absolute atomic E-state index is 13.4. The minimum atomic E-state index is -0.0252. The van der Waals surface area contributed by atoms with Crippen molar-refractivity contribution in [3.63, 3.8) is 0 Å². The number of benzene rings is 1. The molecule has 0 spiro atoms. The van der Waals surface area contributed by atoms with Crippen LogP contribution < -0.4 is 16.2 Å². The first-order valence-corrected chi connectivity index (χ1v) is 10.2. The van der Waals surface area contributed by atoms with E-state index in [1.165, 1.54) is 0 Å². The largest absolute Gasteiger partial charge is 0.345 e. The number of hydrogen-bond acceptors (Lipinski definition) is 5. The summed E-state index contributed by atoms with van der Waals surface area (Å²) in [5.41, 5.74) is 9.65. The number of hydrogen-bond donors (Lipinski definition) is 3. The molecule has 4 N–H and O–H groups in total. The highest BCUT2D eigenvalue weighted by Crippen LogP contribution is 2.38. The van der Waals surface area contributed by atoms with Crippen LogP contribution in [0, 0.1) is 0 Å². The second-order valence-electron chi connectivity index (χ2n) is 8.40. The van der Waals surface area contributed by atoms with E-state index >= 15 is 0 Å². The number of aromatic amines is 2. The number of nitrogens with two attached hydrogens (primary N) is 1. The molecule has 0 radical (unpaired) electrons. The molecule has 2 bridgehead atoms. The van der Waals surface area contributed by atoms with E-state index in [0.29, 0.717) is 23.1 Å². The zero-order valence-corrected chi connectivity index (χ0v) is 16.2. The molecule has 29 heavy (non-hydrogen) atoms. The summed E-state index contributed by atoms with van der Waals surface area (Å²) < 4.78 is 1.71. The van der Waals surface area contributed by atoms with Crippen molar-refractivity contribution in [2.75, 3.05) is 4.90 Å². The number of nitrogens with zero attached hydrogens (tertiary/aromatic N) is 4. The molecular formula is C21H23N7O. The monoisotopic (exact) mass is 389 g/mol. The van der Waals surface area contributed by atoms with Crippen LogP contribution in [0.3, 0.4) is 0 Å². The van der Waals surface area contributed by atoms with Crippen LogP contribution in [0.15, 0.2) is 35.4 Å². The molecule has 2 fully saturated rings. The SMILES string of the molecule is Cn1c(N2[C@@H]3CC[C@H]2CC(N)C3)nc2[nH]cc(-c3ccc4[nH]ncc4c3)c2c1=O. The molecular weight excluding hydrogens is 366 g/mol. The second-order valence-corrected chi connectivity index (χ2v) is 8.40. The van der Waals surface area contributed by atoms with Gasteiger partial charge in [-0.2, -0.15) is 10.1 Å². The van der Waals surface area contributed by atoms with Gasteiger partial charge in [-0.05, 0) is 43.4 Å². The van der Waals surface area contributed by atoms with Crippen LogP contribution >= 0.6 is 0 Å². The maximum atomic E-state index is 13.4. The van der Waals surface area contributed by atoms with Crippen LogP contribution in [0.2, 0.25) is 0 Å². The van der Waals surface area contributed by atoms with Gasteiger partial charge in [-0.15, -0.1) is 0 Å². The molecule has 3 aromatic heterocycles. The number of rotatable bonds is 2. The molecule has 0 amide bonds. The van der Waals surface area contributed by atoms with Gasteiger partial charge in [0, 0.05) is 42.3 Å². The van der Waals surface area contributed by atoms with Crippen molar-refractivity contribution in [1.29, 1.82) is 0 Å². The first-order chi connectivity index (χ1) is 14.1. The number of aromatic nitrogens is 5. The van der Waals surface area contributed by atoms with Crippen molar-refractivity contribution >= 4 is 27.9 Å². The Hall–Kier alpha value is -3.13. The molecule has 6 rings (SSSR count). The molecule has 4 aromatic rings. The zero-order valence-electron chi connectivity index (χ0n) is 16.2. The Morgan fingerprint density at radius 2 is 2.00 bits per heavy atom. The molecule has 8 nitrogen and oxygen atoms in total. The van der Waals surface area contributed by atoms with Crippen LogP contribution in [0.25, 0.3) is 33.1 Å². The Bertz CT molecular complexity index is 1290. The standard InChI is InChI=1S/C21H23N7O/c1-27-20(29)18-16(11-2-5-17-12(6-11)9-24-26-17)10-23-19(18)25-21(27)28-14-3-4-15(28)8-13(22)7-14/h2,5-6,9-10,13-15,23H,3-4,7-8,22H2,1H3,(H,24,26)/t13?,14-,15+. The molecule has 2 aliphatic rings. The van der Waals surface area contributed by atoms with Gasteiger partial charge in [0.25, 0.3) is 5.56 Å². The highest BCUT2D eigenvalue weighted by atomic mass is 16.1. The lowest BCUT2D eigenvalue weighted by atomic mass is 9.98. The normalized spacial score (nSPS) is 24.1. The summed E-state index contributed by atoms with van der Waals surface area (Å²) in [6, 6.07) is 7.02. The first-order valence-electron chi connectivity index (χ1n) is 10.2. The average molecular weight is 389 g/mol. The van der Waals surface area contributed by atoms with Crippen molar-refractivity contribution in [1.82, 2.24) is 24.7 Å². The van der Waals surface area contributed by atoms with Gasteiger partial charge in [-0.1, -0.05) is 6.07 Å². The van der Waals surface area contributed by atoms with Crippen molar-refractivity contribution in [2.24, 2.45) is 12.8 Å². The van der Waals surface area contributed by atoms with Gasteiger partial charge >= 0.3 is 0 Å². The molecule has 2 aliphatic heterocycles. The number of piperidine rings is 1. The Labute approximate surface area is 166 Å². The highest BCUT2D eigenvalue weighted by molar-refractivity contribution is 5.96. The third kappa shape index (κ3) is 2.38. The van der Waals surface area contributed by atoms with E-state index in [1.807, 2.05) is 31.4 Å². The van der Waals surface area contributed by atoms with Crippen molar-refractivity contribution < 1.29 is 0 Å². The Morgan fingerprint density at radius 1 is 1.21 bits per heavy atom. The fraction of sp³-hybridized carbons (Fsp3) is 0.381. The topological polar surface area (TPSA) is 109 Å². The van der Waals surface area contributed by atoms with E-state index in [4.69, 9.17) is 10.7 Å². The van der Waals surface area contributed by atoms with Crippen LogP contribution in [-0.4, -0.2) is 42.9 Å². The number of fused-ring (bicyclic) bond motifs is 4. The van der Waals surface area contributed by atoms with Gasteiger partial charge in [0.15, 0.2) is 0 Å². The van der Waals surface area contributed by atoms with Gasteiger partial charge in [0.1, 0.15) is 5.65 Å². The summed E-state index contributed by atoms with van der Waals surface area (Å²) in [5.74, 6) is 0.751. The average Bonchev–Trinajstić information content (AvgIpc) is 3.40. The molecule has 8 heteroatoms.